The Hall–Kier alpha value is -1.88. The number of aromatic nitrogens is 3. The van der Waals surface area contributed by atoms with Gasteiger partial charge in [-0.25, -0.2) is 9.67 Å². The first-order valence-corrected chi connectivity index (χ1v) is 7.20. The number of nitrogens with one attached hydrogen (secondary N) is 1. The molecule has 1 fully saturated rings. The average Bonchev–Trinajstić information content (AvgIpc) is 3.00. The summed E-state index contributed by atoms with van der Waals surface area (Å²) >= 11 is 0. The monoisotopic (exact) mass is 271 g/mol. The zero-order chi connectivity index (χ0) is 13.8. The summed E-state index contributed by atoms with van der Waals surface area (Å²) < 4.78 is 1.80. The fourth-order valence-corrected chi connectivity index (χ4v) is 2.81. The van der Waals surface area contributed by atoms with Crippen molar-refractivity contribution in [2.45, 2.75) is 12.8 Å². The van der Waals surface area contributed by atoms with Crippen molar-refractivity contribution in [3.63, 3.8) is 0 Å². The summed E-state index contributed by atoms with van der Waals surface area (Å²) in [5.41, 5.74) is 1.05. The van der Waals surface area contributed by atoms with Crippen molar-refractivity contribution < 1.29 is 0 Å². The molecule has 1 aliphatic heterocycles. The average molecular weight is 271 g/mol. The molecule has 3 rings (SSSR count). The highest BCUT2D eigenvalue weighted by Gasteiger charge is 2.17. The third-order valence-corrected chi connectivity index (χ3v) is 3.81. The van der Waals surface area contributed by atoms with Crippen molar-refractivity contribution in [1.29, 1.82) is 0 Å². The lowest BCUT2D eigenvalue weighted by atomic mass is 9.98. The van der Waals surface area contributed by atoms with Crippen molar-refractivity contribution in [2.75, 3.05) is 32.0 Å². The number of hydrogen-bond acceptors (Lipinski definition) is 4. The summed E-state index contributed by atoms with van der Waals surface area (Å²) in [7, 11) is 2.20. The van der Waals surface area contributed by atoms with Crippen LogP contribution in [0.15, 0.2) is 36.8 Å². The highest BCUT2D eigenvalue weighted by molar-refractivity contribution is 5.56. The van der Waals surface area contributed by atoms with Crippen molar-refractivity contribution in [3.8, 4) is 5.82 Å². The molecule has 2 aromatic rings. The molecule has 1 N–H and O–H groups in total. The molecule has 5 heteroatoms. The zero-order valence-corrected chi connectivity index (χ0v) is 11.9. The molecule has 106 valence electrons. The molecule has 0 aromatic carbocycles. The SMILES string of the molecule is CN1CCCC(CNc2cccnc2-n2cccn2)C1. The molecule has 1 saturated heterocycles. The highest BCUT2D eigenvalue weighted by atomic mass is 15.3. The molecule has 0 saturated carbocycles. The van der Waals surface area contributed by atoms with Gasteiger partial charge in [0, 0.05) is 31.7 Å². The van der Waals surface area contributed by atoms with Crippen molar-refractivity contribution in [3.05, 3.63) is 36.8 Å². The standard InChI is InChI=1S/C15H21N5/c1-19-9-3-5-13(12-19)11-17-14-6-2-7-16-15(14)20-10-4-8-18-20/h2,4,6-8,10,13,17H,3,5,9,11-12H2,1H3. The van der Waals surface area contributed by atoms with Gasteiger partial charge in [0.25, 0.3) is 0 Å². The maximum absolute atomic E-state index is 4.43. The lowest BCUT2D eigenvalue weighted by molar-refractivity contribution is 0.217. The Kier molecular flexibility index (Phi) is 3.97. The van der Waals surface area contributed by atoms with Gasteiger partial charge in [-0.15, -0.1) is 0 Å². The van der Waals surface area contributed by atoms with Crippen LogP contribution >= 0.6 is 0 Å². The molecule has 0 spiro atoms. The van der Waals surface area contributed by atoms with Crippen molar-refractivity contribution in [1.82, 2.24) is 19.7 Å². The Balaban J connectivity index is 1.68. The summed E-state index contributed by atoms with van der Waals surface area (Å²) in [6.07, 6.45) is 8.09. The predicted octanol–water partition coefficient (Wildman–Crippen LogP) is 2.02. The second kappa shape index (κ2) is 6.05. The van der Waals surface area contributed by atoms with E-state index >= 15 is 0 Å². The number of hydrogen-bond donors (Lipinski definition) is 1. The van der Waals surface area contributed by atoms with Gasteiger partial charge in [-0.2, -0.15) is 5.10 Å². The first-order chi connectivity index (χ1) is 9.83. The van der Waals surface area contributed by atoms with Crippen LogP contribution in [0.25, 0.3) is 5.82 Å². The van der Waals surface area contributed by atoms with E-state index in [0.29, 0.717) is 5.92 Å². The van der Waals surface area contributed by atoms with Crippen LogP contribution in [0.2, 0.25) is 0 Å². The fourth-order valence-electron chi connectivity index (χ4n) is 2.81. The fraction of sp³-hybridized carbons (Fsp3) is 0.467. The molecule has 0 bridgehead atoms. The van der Waals surface area contributed by atoms with Crippen LogP contribution in [0, 0.1) is 5.92 Å². The van der Waals surface area contributed by atoms with Gasteiger partial charge in [-0.3, -0.25) is 0 Å². The summed E-state index contributed by atoms with van der Waals surface area (Å²) in [6.45, 7) is 3.39. The molecule has 1 atom stereocenters. The molecule has 2 aromatic heterocycles. The lowest BCUT2D eigenvalue weighted by Crippen LogP contribution is -2.35. The normalized spacial score (nSPS) is 19.9. The van der Waals surface area contributed by atoms with Gasteiger partial charge in [-0.1, -0.05) is 0 Å². The number of nitrogens with zero attached hydrogens (tertiary/aromatic N) is 4. The maximum atomic E-state index is 4.43. The second-order valence-electron chi connectivity index (χ2n) is 5.48. The van der Waals surface area contributed by atoms with E-state index in [1.807, 2.05) is 18.3 Å². The third-order valence-electron chi connectivity index (χ3n) is 3.81. The van der Waals surface area contributed by atoms with Crippen molar-refractivity contribution >= 4 is 5.69 Å². The molecule has 0 radical (unpaired) electrons. The first kappa shape index (κ1) is 13.1. The summed E-state index contributed by atoms with van der Waals surface area (Å²) in [4.78, 5) is 6.84. The van der Waals surface area contributed by atoms with Crippen LogP contribution in [-0.2, 0) is 0 Å². The Morgan fingerprint density at radius 3 is 3.10 bits per heavy atom. The van der Waals surface area contributed by atoms with Crippen LogP contribution in [0.1, 0.15) is 12.8 Å². The Labute approximate surface area is 119 Å². The van der Waals surface area contributed by atoms with E-state index in [4.69, 9.17) is 0 Å². The predicted molar refractivity (Wildman–Crippen MR) is 80.1 cm³/mol. The molecule has 3 heterocycles. The van der Waals surface area contributed by atoms with E-state index in [9.17, 15) is 0 Å². The van der Waals surface area contributed by atoms with Gasteiger partial charge >= 0.3 is 0 Å². The van der Waals surface area contributed by atoms with Gasteiger partial charge in [0.1, 0.15) is 0 Å². The molecule has 0 aliphatic carbocycles. The number of pyridine rings is 1. The van der Waals surface area contributed by atoms with Gasteiger partial charge < -0.3 is 10.2 Å². The first-order valence-electron chi connectivity index (χ1n) is 7.20. The Bertz CT molecular complexity index is 537. The summed E-state index contributed by atoms with van der Waals surface area (Å²) in [5, 5.41) is 7.80. The minimum Gasteiger partial charge on any atom is -0.382 e. The van der Waals surface area contributed by atoms with Gasteiger partial charge in [0.2, 0.25) is 0 Å². The molecular weight excluding hydrogens is 250 g/mol. The molecule has 1 unspecified atom stereocenters. The van der Waals surface area contributed by atoms with Crippen LogP contribution in [0.3, 0.4) is 0 Å². The number of anilines is 1. The Morgan fingerprint density at radius 2 is 2.30 bits per heavy atom. The molecule has 0 amide bonds. The Morgan fingerprint density at radius 1 is 1.35 bits per heavy atom. The minimum absolute atomic E-state index is 0.708. The van der Waals surface area contributed by atoms with Crippen LogP contribution < -0.4 is 5.32 Å². The quantitative estimate of drug-likeness (QED) is 0.924. The van der Waals surface area contributed by atoms with E-state index in [1.165, 1.54) is 25.9 Å². The van der Waals surface area contributed by atoms with E-state index < -0.39 is 0 Å². The van der Waals surface area contributed by atoms with E-state index in [1.54, 1.807) is 17.1 Å². The molecule has 5 nitrogen and oxygen atoms in total. The van der Waals surface area contributed by atoms with Gasteiger partial charge in [0.05, 0.1) is 5.69 Å². The van der Waals surface area contributed by atoms with Crippen LogP contribution in [0.4, 0.5) is 5.69 Å². The van der Waals surface area contributed by atoms with E-state index in [0.717, 1.165) is 18.1 Å². The number of likely N-dealkylation sites (tertiary alicyclic amines) is 1. The van der Waals surface area contributed by atoms with Gasteiger partial charge in [-0.05, 0) is 50.6 Å². The zero-order valence-electron chi connectivity index (χ0n) is 11.9. The maximum Gasteiger partial charge on any atom is 0.176 e. The summed E-state index contributed by atoms with van der Waals surface area (Å²) in [6, 6.07) is 5.94. The minimum atomic E-state index is 0.708. The second-order valence-corrected chi connectivity index (χ2v) is 5.48. The highest BCUT2D eigenvalue weighted by Crippen LogP contribution is 2.19. The van der Waals surface area contributed by atoms with E-state index in [2.05, 4.69) is 33.4 Å². The molecule has 1 aliphatic rings. The lowest BCUT2D eigenvalue weighted by Gasteiger charge is -2.30. The largest absolute Gasteiger partial charge is 0.382 e. The topological polar surface area (TPSA) is 46.0 Å². The molecule has 20 heavy (non-hydrogen) atoms. The number of rotatable bonds is 4. The van der Waals surface area contributed by atoms with Gasteiger partial charge in [0.15, 0.2) is 5.82 Å². The van der Waals surface area contributed by atoms with Crippen LogP contribution in [-0.4, -0.2) is 46.3 Å². The smallest absolute Gasteiger partial charge is 0.176 e. The third kappa shape index (κ3) is 2.99. The molecular formula is C15H21N5. The van der Waals surface area contributed by atoms with Crippen molar-refractivity contribution in [2.24, 2.45) is 5.92 Å². The summed E-state index contributed by atoms with van der Waals surface area (Å²) in [5.74, 6) is 1.57. The van der Waals surface area contributed by atoms with Crippen LogP contribution in [0.5, 0.6) is 0 Å². The number of piperidine rings is 1. The van der Waals surface area contributed by atoms with E-state index in [-0.39, 0.29) is 0 Å².